The van der Waals surface area contributed by atoms with Crippen LogP contribution in [0.1, 0.15) is 37.7 Å². The van der Waals surface area contributed by atoms with Gasteiger partial charge in [-0.05, 0) is 30.2 Å². The molecule has 0 aliphatic carbocycles. The quantitative estimate of drug-likeness (QED) is 0.495. The lowest BCUT2D eigenvalue weighted by Crippen LogP contribution is -2.30. The first-order valence-corrected chi connectivity index (χ1v) is 10.2. The number of carbonyl (C=O) groups is 2. The summed E-state index contributed by atoms with van der Waals surface area (Å²) in [5, 5.41) is 1.59. The van der Waals surface area contributed by atoms with Crippen LogP contribution in [-0.2, 0) is 16.1 Å². The van der Waals surface area contributed by atoms with Crippen LogP contribution in [0.4, 0.5) is 5.69 Å². The summed E-state index contributed by atoms with van der Waals surface area (Å²) in [6.07, 6.45) is 4.27. The first kappa shape index (κ1) is 19.0. The number of imide groups is 1. The number of hydrogen-bond donors (Lipinski definition) is 0. The fourth-order valence-electron chi connectivity index (χ4n) is 3.88. The van der Waals surface area contributed by atoms with Crippen LogP contribution in [0.5, 0.6) is 0 Å². The van der Waals surface area contributed by atoms with Crippen molar-refractivity contribution in [2.45, 2.75) is 38.6 Å². The summed E-state index contributed by atoms with van der Waals surface area (Å²) < 4.78 is 2.18. The number of hydrogen-bond acceptors (Lipinski definition) is 2. The van der Waals surface area contributed by atoms with Crippen molar-refractivity contribution >= 4 is 51.6 Å². The van der Waals surface area contributed by atoms with Crippen molar-refractivity contribution in [2.75, 3.05) is 4.90 Å². The summed E-state index contributed by atoms with van der Waals surface area (Å²) >= 11 is 12.5. The Labute approximate surface area is 173 Å². The SMILES string of the molecule is CCCCn1cc(C2CC(=O)N(c3c(Cl)cccc3Cl)C2=O)c2ccccc21. The molecule has 1 atom stereocenters. The van der Waals surface area contributed by atoms with E-state index in [1.165, 1.54) is 0 Å². The maximum atomic E-state index is 13.3. The average molecular weight is 415 g/mol. The number of unbranched alkanes of at least 4 members (excludes halogenated alkanes) is 1. The van der Waals surface area contributed by atoms with Gasteiger partial charge in [-0.25, -0.2) is 4.90 Å². The Kier molecular flexibility index (Phi) is 5.17. The number of nitrogens with zero attached hydrogens (tertiary/aromatic N) is 2. The van der Waals surface area contributed by atoms with Gasteiger partial charge in [0.2, 0.25) is 11.8 Å². The molecule has 144 valence electrons. The van der Waals surface area contributed by atoms with Gasteiger partial charge in [0.15, 0.2) is 0 Å². The third kappa shape index (κ3) is 3.11. The number of para-hydroxylation sites is 2. The lowest BCUT2D eigenvalue weighted by atomic mass is 9.97. The number of rotatable bonds is 5. The van der Waals surface area contributed by atoms with Crippen molar-refractivity contribution in [2.24, 2.45) is 0 Å². The molecule has 0 spiro atoms. The molecule has 0 N–H and O–H groups in total. The maximum Gasteiger partial charge on any atom is 0.242 e. The number of anilines is 1. The van der Waals surface area contributed by atoms with Crippen molar-refractivity contribution in [3.8, 4) is 0 Å². The molecule has 1 unspecified atom stereocenters. The van der Waals surface area contributed by atoms with Gasteiger partial charge in [0.25, 0.3) is 0 Å². The molecule has 1 saturated heterocycles. The second-order valence-electron chi connectivity index (χ2n) is 7.04. The Morgan fingerprint density at radius 1 is 1.04 bits per heavy atom. The largest absolute Gasteiger partial charge is 0.347 e. The molecule has 1 aromatic heterocycles. The number of aryl methyl sites for hydroxylation is 1. The molecule has 28 heavy (non-hydrogen) atoms. The Morgan fingerprint density at radius 2 is 1.75 bits per heavy atom. The second-order valence-corrected chi connectivity index (χ2v) is 7.86. The highest BCUT2D eigenvalue weighted by molar-refractivity contribution is 6.42. The Balaban J connectivity index is 1.77. The molecule has 1 aliphatic rings. The van der Waals surface area contributed by atoms with Gasteiger partial charge < -0.3 is 4.57 Å². The zero-order valence-corrected chi connectivity index (χ0v) is 17.0. The molecule has 2 amide bonds. The van der Waals surface area contributed by atoms with Gasteiger partial charge in [-0.15, -0.1) is 0 Å². The Morgan fingerprint density at radius 3 is 2.46 bits per heavy atom. The predicted molar refractivity (Wildman–Crippen MR) is 113 cm³/mol. The van der Waals surface area contributed by atoms with E-state index in [2.05, 4.69) is 17.6 Å². The van der Waals surface area contributed by atoms with E-state index in [0.29, 0.717) is 10.0 Å². The maximum absolute atomic E-state index is 13.3. The lowest BCUT2D eigenvalue weighted by molar-refractivity contribution is -0.121. The van der Waals surface area contributed by atoms with Gasteiger partial charge in [-0.2, -0.15) is 0 Å². The van der Waals surface area contributed by atoms with Gasteiger partial charge in [0.1, 0.15) is 0 Å². The molecular weight excluding hydrogens is 395 g/mol. The number of benzene rings is 2. The molecule has 1 fully saturated rings. The molecular formula is C22H20Cl2N2O2. The van der Waals surface area contributed by atoms with E-state index in [9.17, 15) is 9.59 Å². The van der Waals surface area contributed by atoms with E-state index in [0.717, 1.165) is 40.8 Å². The van der Waals surface area contributed by atoms with Crippen molar-refractivity contribution in [1.82, 2.24) is 4.57 Å². The van der Waals surface area contributed by atoms with Gasteiger partial charge >= 0.3 is 0 Å². The number of halogens is 2. The minimum absolute atomic E-state index is 0.113. The minimum Gasteiger partial charge on any atom is -0.347 e. The zero-order valence-electron chi connectivity index (χ0n) is 15.5. The molecule has 0 saturated carbocycles. The fourth-order valence-corrected chi connectivity index (χ4v) is 4.45. The van der Waals surface area contributed by atoms with E-state index in [4.69, 9.17) is 23.2 Å². The molecule has 3 aromatic rings. The molecule has 1 aliphatic heterocycles. The van der Waals surface area contributed by atoms with Crippen molar-refractivity contribution in [3.63, 3.8) is 0 Å². The van der Waals surface area contributed by atoms with Crippen LogP contribution in [0.3, 0.4) is 0 Å². The highest BCUT2D eigenvalue weighted by Gasteiger charge is 2.43. The molecule has 0 bridgehead atoms. The summed E-state index contributed by atoms with van der Waals surface area (Å²) in [6.45, 7) is 3.03. The van der Waals surface area contributed by atoms with Gasteiger partial charge in [-0.1, -0.05) is 60.8 Å². The smallest absolute Gasteiger partial charge is 0.242 e. The Hall–Kier alpha value is -2.30. The summed E-state index contributed by atoms with van der Waals surface area (Å²) in [7, 11) is 0. The summed E-state index contributed by atoms with van der Waals surface area (Å²) in [4.78, 5) is 27.2. The monoisotopic (exact) mass is 414 g/mol. The summed E-state index contributed by atoms with van der Waals surface area (Å²) in [5.41, 5.74) is 2.24. The number of carbonyl (C=O) groups excluding carboxylic acids is 2. The highest BCUT2D eigenvalue weighted by atomic mass is 35.5. The molecule has 4 nitrogen and oxygen atoms in total. The van der Waals surface area contributed by atoms with Crippen LogP contribution >= 0.6 is 23.2 Å². The average Bonchev–Trinajstić information content (AvgIpc) is 3.18. The topological polar surface area (TPSA) is 42.3 Å². The standard InChI is InChI=1S/C22H20Cl2N2O2/c1-2-3-11-25-13-16(14-7-4-5-10-19(14)25)15-12-20(27)26(22(15)28)21-17(23)8-6-9-18(21)24/h4-10,13,15H,2-3,11-12H2,1H3. The van der Waals surface area contributed by atoms with E-state index in [1.807, 2.05) is 24.4 Å². The normalized spacial score (nSPS) is 17.1. The van der Waals surface area contributed by atoms with Crippen LogP contribution in [0.15, 0.2) is 48.7 Å². The van der Waals surface area contributed by atoms with E-state index in [-0.39, 0.29) is 23.9 Å². The third-order valence-corrected chi connectivity index (χ3v) is 5.87. The lowest BCUT2D eigenvalue weighted by Gasteiger charge is -2.18. The van der Waals surface area contributed by atoms with Crippen molar-refractivity contribution in [1.29, 1.82) is 0 Å². The molecule has 2 heterocycles. The van der Waals surface area contributed by atoms with Gasteiger partial charge in [-0.3, -0.25) is 9.59 Å². The van der Waals surface area contributed by atoms with Crippen molar-refractivity contribution in [3.05, 3.63) is 64.3 Å². The first-order chi connectivity index (χ1) is 13.5. The minimum atomic E-state index is -0.535. The summed E-state index contributed by atoms with van der Waals surface area (Å²) in [6, 6.07) is 13.0. The van der Waals surface area contributed by atoms with Crippen LogP contribution in [-0.4, -0.2) is 16.4 Å². The molecule has 2 aromatic carbocycles. The van der Waals surface area contributed by atoms with E-state index in [1.54, 1.807) is 18.2 Å². The molecule has 0 radical (unpaired) electrons. The van der Waals surface area contributed by atoms with Gasteiger partial charge in [0.05, 0.1) is 21.7 Å². The third-order valence-electron chi connectivity index (χ3n) is 5.26. The molecule has 4 rings (SSSR count). The van der Waals surface area contributed by atoms with Gasteiger partial charge in [0, 0.05) is 30.1 Å². The predicted octanol–water partition coefficient (Wildman–Crippen LogP) is 5.80. The van der Waals surface area contributed by atoms with E-state index >= 15 is 0 Å². The van der Waals surface area contributed by atoms with Crippen molar-refractivity contribution < 1.29 is 9.59 Å². The second kappa shape index (κ2) is 7.61. The first-order valence-electron chi connectivity index (χ1n) is 9.41. The van der Waals surface area contributed by atoms with Crippen LogP contribution in [0.2, 0.25) is 10.0 Å². The van der Waals surface area contributed by atoms with Crippen LogP contribution in [0.25, 0.3) is 10.9 Å². The van der Waals surface area contributed by atoms with E-state index < -0.39 is 5.92 Å². The highest BCUT2D eigenvalue weighted by Crippen LogP contribution is 2.42. The zero-order chi connectivity index (χ0) is 19.8. The Bertz CT molecular complexity index is 1050. The van der Waals surface area contributed by atoms with Crippen LogP contribution in [0, 0.1) is 0 Å². The number of fused-ring (bicyclic) bond motifs is 1. The molecule has 6 heteroatoms. The van der Waals surface area contributed by atoms with Crippen LogP contribution < -0.4 is 4.90 Å². The fraction of sp³-hybridized carbons (Fsp3) is 0.273. The number of aromatic nitrogens is 1. The number of amides is 2. The summed E-state index contributed by atoms with van der Waals surface area (Å²) in [5.74, 6) is -1.10.